The molecule has 2 rings (SSSR count). The minimum atomic E-state index is -4.33. The maximum Gasteiger partial charge on any atom is 0.434 e. The lowest BCUT2D eigenvalue weighted by Gasteiger charge is -2.07. The van der Waals surface area contributed by atoms with E-state index in [0.717, 1.165) is 29.6 Å². The summed E-state index contributed by atoms with van der Waals surface area (Å²) in [5.41, 5.74) is 4.47. The lowest BCUT2D eigenvalue weighted by molar-refractivity contribution is -0.140. The summed E-state index contributed by atoms with van der Waals surface area (Å²) in [7, 11) is 0. The Morgan fingerprint density at radius 3 is 2.50 bits per heavy atom. The minimum absolute atomic E-state index is 0.242. The summed E-state index contributed by atoms with van der Waals surface area (Å²) in [6.07, 6.45) is -2.62. The summed E-state index contributed by atoms with van der Waals surface area (Å²) in [6, 6.07) is 0. The Morgan fingerprint density at radius 2 is 2.14 bits per heavy atom. The van der Waals surface area contributed by atoms with Crippen LogP contribution in [0.4, 0.5) is 13.2 Å². The number of alkyl halides is 3. The molecule has 0 radical (unpaired) electrons. The van der Waals surface area contributed by atoms with Crippen LogP contribution in [-0.4, -0.2) is 11.5 Å². The number of hydrogen-bond acceptors (Lipinski definition) is 3. The summed E-state index contributed by atoms with van der Waals surface area (Å²) in [6.45, 7) is 0.387. The van der Waals surface area contributed by atoms with E-state index in [1.165, 1.54) is 0 Å². The van der Waals surface area contributed by atoms with E-state index in [-0.39, 0.29) is 5.41 Å². The second-order valence-electron chi connectivity index (χ2n) is 3.52. The third-order valence-corrected chi connectivity index (χ3v) is 3.58. The molecule has 2 N–H and O–H groups in total. The molecule has 6 heteroatoms. The predicted octanol–water partition coefficient (Wildman–Crippen LogP) is 2.15. The summed E-state index contributed by atoms with van der Waals surface area (Å²) in [4.78, 5) is 3.60. The monoisotopic (exact) mass is 222 g/mol. The average Bonchev–Trinajstić information content (AvgIpc) is 2.73. The van der Waals surface area contributed by atoms with Gasteiger partial charge in [0.15, 0.2) is 5.69 Å². The van der Waals surface area contributed by atoms with Crippen molar-refractivity contribution in [2.24, 2.45) is 5.73 Å². The number of aromatic nitrogens is 1. The van der Waals surface area contributed by atoms with E-state index in [1.807, 2.05) is 0 Å². The summed E-state index contributed by atoms with van der Waals surface area (Å²) >= 11 is 1.06. The molecule has 0 unspecified atom stereocenters. The van der Waals surface area contributed by atoms with Gasteiger partial charge in [0, 0.05) is 17.3 Å². The van der Waals surface area contributed by atoms with Crippen LogP contribution in [0.15, 0.2) is 5.38 Å². The molecule has 0 spiro atoms. The van der Waals surface area contributed by atoms with Gasteiger partial charge in [-0.15, -0.1) is 11.3 Å². The fourth-order valence-corrected chi connectivity index (χ4v) is 2.40. The molecule has 1 fully saturated rings. The van der Waals surface area contributed by atoms with Crippen LogP contribution in [0.1, 0.15) is 23.5 Å². The first kappa shape index (κ1) is 9.92. The second-order valence-corrected chi connectivity index (χ2v) is 4.38. The van der Waals surface area contributed by atoms with Crippen molar-refractivity contribution in [1.82, 2.24) is 4.98 Å². The molecule has 1 saturated carbocycles. The van der Waals surface area contributed by atoms with Crippen LogP contribution in [0.5, 0.6) is 0 Å². The van der Waals surface area contributed by atoms with E-state index in [0.29, 0.717) is 11.6 Å². The molecule has 0 aliphatic heterocycles. The fraction of sp³-hybridized carbons (Fsp3) is 0.625. The number of thiazole rings is 1. The lowest BCUT2D eigenvalue weighted by atomic mass is 10.1. The van der Waals surface area contributed by atoms with E-state index < -0.39 is 11.9 Å². The third kappa shape index (κ3) is 1.52. The highest BCUT2D eigenvalue weighted by atomic mass is 32.1. The molecule has 0 bridgehead atoms. The summed E-state index contributed by atoms with van der Waals surface area (Å²) in [5.74, 6) is 0. The third-order valence-electron chi connectivity index (χ3n) is 2.49. The molecule has 1 aromatic heterocycles. The molecule has 14 heavy (non-hydrogen) atoms. The predicted molar refractivity (Wildman–Crippen MR) is 47.1 cm³/mol. The average molecular weight is 222 g/mol. The van der Waals surface area contributed by atoms with Crippen molar-refractivity contribution in [2.45, 2.75) is 24.4 Å². The van der Waals surface area contributed by atoms with Gasteiger partial charge in [-0.2, -0.15) is 13.2 Å². The van der Waals surface area contributed by atoms with Crippen LogP contribution in [0.25, 0.3) is 0 Å². The highest BCUT2D eigenvalue weighted by molar-refractivity contribution is 7.09. The summed E-state index contributed by atoms with van der Waals surface area (Å²) in [5, 5.41) is 1.60. The molecule has 1 aromatic rings. The Balaban J connectivity index is 2.27. The fourth-order valence-electron chi connectivity index (χ4n) is 1.30. The van der Waals surface area contributed by atoms with Gasteiger partial charge in [0.1, 0.15) is 5.01 Å². The lowest BCUT2D eigenvalue weighted by Crippen LogP contribution is -2.20. The number of rotatable bonds is 2. The van der Waals surface area contributed by atoms with Crippen molar-refractivity contribution in [2.75, 3.05) is 6.54 Å². The molecule has 0 aromatic carbocycles. The quantitative estimate of drug-likeness (QED) is 0.832. The first-order chi connectivity index (χ1) is 6.48. The first-order valence-corrected chi connectivity index (χ1v) is 5.09. The van der Waals surface area contributed by atoms with Gasteiger partial charge in [-0.05, 0) is 12.8 Å². The van der Waals surface area contributed by atoms with Crippen LogP contribution in [0, 0.1) is 0 Å². The standard InChI is InChI=1S/C8H9F3N2S/c9-8(10,11)5-3-14-6(13-5)7(4-12)1-2-7/h3H,1-2,4,12H2. The van der Waals surface area contributed by atoms with Crippen LogP contribution < -0.4 is 5.73 Å². The van der Waals surface area contributed by atoms with Crippen LogP contribution in [0.2, 0.25) is 0 Å². The molecule has 1 heterocycles. The topological polar surface area (TPSA) is 38.9 Å². The maximum atomic E-state index is 12.2. The molecule has 0 saturated heterocycles. The zero-order chi connectivity index (χ0) is 10.4. The molecule has 0 amide bonds. The van der Waals surface area contributed by atoms with E-state index in [2.05, 4.69) is 4.98 Å². The second kappa shape index (κ2) is 2.93. The number of nitrogens with zero attached hydrogens (tertiary/aromatic N) is 1. The molecular formula is C8H9F3N2S. The van der Waals surface area contributed by atoms with Crippen molar-refractivity contribution < 1.29 is 13.2 Å². The zero-order valence-corrected chi connectivity index (χ0v) is 8.08. The highest BCUT2D eigenvalue weighted by Gasteiger charge is 2.47. The molecule has 2 nitrogen and oxygen atoms in total. The van der Waals surface area contributed by atoms with E-state index >= 15 is 0 Å². The van der Waals surface area contributed by atoms with Gasteiger partial charge in [-0.1, -0.05) is 0 Å². The molecule has 1 aliphatic rings. The number of halogens is 3. The molecular weight excluding hydrogens is 213 g/mol. The SMILES string of the molecule is NCC1(c2nc(C(F)(F)F)cs2)CC1. The van der Waals surface area contributed by atoms with Gasteiger partial charge in [-0.3, -0.25) is 0 Å². The van der Waals surface area contributed by atoms with E-state index in [4.69, 9.17) is 5.73 Å². The molecule has 1 aliphatic carbocycles. The molecule has 0 atom stereocenters. The number of nitrogens with two attached hydrogens (primary N) is 1. The van der Waals surface area contributed by atoms with Gasteiger partial charge in [-0.25, -0.2) is 4.98 Å². The van der Waals surface area contributed by atoms with Crippen molar-refractivity contribution in [3.05, 3.63) is 16.1 Å². The Labute approximate surface area is 82.9 Å². The van der Waals surface area contributed by atoms with E-state index in [1.54, 1.807) is 0 Å². The van der Waals surface area contributed by atoms with Crippen molar-refractivity contribution in [3.63, 3.8) is 0 Å². The smallest absolute Gasteiger partial charge is 0.329 e. The van der Waals surface area contributed by atoms with Crippen molar-refractivity contribution in [3.8, 4) is 0 Å². The van der Waals surface area contributed by atoms with Crippen LogP contribution >= 0.6 is 11.3 Å². The Morgan fingerprint density at radius 1 is 1.50 bits per heavy atom. The van der Waals surface area contributed by atoms with Gasteiger partial charge in [0.05, 0.1) is 0 Å². The molecule has 78 valence electrons. The summed E-state index contributed by atoms with van der Waals surface area (Å²) < 4.78 is 36.7. The minimum Gasteiger partial charge on any atom is -0.329 e. The van der Waals surface area contributed by atoms with Crippen LogP contribution in [0.3, 0.4) is 0 Å². The normalized spacial score (nSPS) is 19.7. The van der Waals surface area contributed by atoms with Gasteiger partial charge < -0.3 is 5.73 Å². The largest absolute Gasteiger partial charge is 0.434 e. The van der Waals surface area contributed by atoms with Crippen molar-refractivity contribution >= 4 is 11.3 Å². The number of hydrogen-bond donors (Lipinski definition) is 1. The van der Waals surface area contributed by atoms with Crippen molar-refractivity contribution in [1.29, 1.82) is 0 Å². The van der Waals surface area contributed by atoms with E-state index in [9.17, 15) is 13.2 Å². The van der Waals surface area contributed by atoms with Gasteiger partial charge in [0.25, 0.3) is 0 Å². The highest BCUT2D eigenvalue weighted by Crippen LogP contribution is 2.49. The Kier molecular flexibility index (Phi) is 2.08. The van der Waals surface area contributed by atoms with Crippen LogP contribution in [-0.2, 0) is 11.6 Å². The Bertz CT molecular complexity index is 341. The zero-order valence-electron chi connectivity index (χ0n) is 7.27. The first-order valence-electron chi connectivity index (χ1n) is 4.21. The maximum absolute atomic E-state index is 12.2. The van der Waals surface area contributed by atoms with Gasteiger partial charge in [0.2, 0.25) is 0 Å². The van der Waals surface area contributed by atoms with Gasteiger partial charge >= 0.3 is 6.18 Å². The Hall–Kier alpha value is -0.620.